The van der Waals surface area contributed by atoms with Gasteiger partial charge in [0.15, 0.2) is 6.79 Å². The molecule has 0 radical (unpaired) electrons. The summed E-state index contributed by atoms with van der Waals surface area (Å²) >= 11 is 6.05. The topological polar surface area (TPSA) is 117 Å². The third-order valence-corrected chi connectivity index (χ3v) is 5.01. The van der Waals surface area contributed by atoms with E-state index in [1.54, 1.807) is 38.1 Å². The lowest BCUT2D eigenvalue weighted by Gasteiger charge is -2.23. The Bertz CT molecular complexity index is 1010. The number of fused-ring (bicyclic) bond motifs is 1. The smallest absolute Gasteiger partial charge is 0.329 e. The number of non-ortho nitro benzene ring substituents is 1. The summed E-state index contributed by atoms with van der Waals surface area (Å²) in [5.41, 5.74) is 0.926. The van der Waals surface area contributed by atoms with Gasteiger partial charge in [-0.25, -0.2) is 4.79 Å². The van der Waals surface area contributed by atoms with E-state index in [1.807, 2.05) is 0 Å². The van der Waals surface area contributed by atoms with E-state index in [2.05, 4.69) is 5.32 Å². The first-order valence-electron chi connectivity index (χ1n) is 9.50. The van der Waals surface area contributed by atoms with Crippen molar-refractivity contribution >= 4 is 29.2 Å². The van der Waals surface area contributed by atoms with E-state index >= 15 is 0 Å². The number of hydrogen-bond acceptors (Lipinski definition) is 7. The van der Waals surface area contributed by atoms with Crippen molar-refractivity contribution in [1.82, 2.24) is 5.32 Å². The van der Waals surface area contributed by atoms with Crippen LogP contribution < -0.4 is 10.1 Å². The highest BCUT2D eigenvalue weighted by molar-refractivity contribution is 6.33. The second-order valence-corrected chi connectivity index (χ2v) is 7.65. The van der Waals surface area contributed by atoms with Crippen molar-refractivity contribution in [2.45, 2.75) is 33.1 Å². The fourth-order valence-electron chi connectivity index (χ4n) is 3.09. The summed E-state index contributed by atoms with van der Waals surface area (Å²) in [6, 6.07) is 8.20. The van der Waals surface area contributed by atoms with Crippen LogP contribution in [0.4, 0.5) is 5.69 Å². The van der Waals surface area contributed by atoms with Crippen molar-refractivity contribution in [3.05, 3.63) is 68.2 Å². The minimum absolute atomic E-state index is 0.00569. The summed E-state index contributed by atoms with van der Waals surface area (Å²) in [6.07, 6.45) is 0. The van der Waals surface area contributed by atoms with E-state index in [0.29, 0.717) is 16.9 Å². The summed E-state index contributed by atoms with van der Waals surface area (Å²) in [5.74, 6) is -1.06. The first-order valence-corrected chi connectivity index (χ1v) is 9.88. The molecular weight excluding hydrogens is 428 g/mol. The number of nitro groups is 1. The zero-order chi connectivity index (χ0) is 22.5. The molecule has 0 bridgehead atoms. The Balaban J connectivity index is 1.75. The van der Waals surface area contributed by atoms with Crippen LogP contribution in [0.15, 0.2) is 36.4 Å². The number of amides is 1. The average molecular weight is 449 g/mol. The van der Waals surface area contributed by atoms with Gasteiger partial charge in [-0.2, -0.15) is 0 Å². The first kappa shape index (κ1) is 22.5. The number of esters is 1. The first-order chi connectivity index (χ1) is 14.8. The number of hydrogen-bond donors (Lipinski definition) is 1. The molecule has 1 aliphatic rings. The van der Waals surface area contributed by atoms with Crippen LogP contribution in [0.2, 0.25) is 5.02 Å². The molecule has 0 aromatic heterocycles. The summed E-state index contributed by atoms with van der Waals surface area (Å²) in [5, 5.41) is 14.1. The molecule has 2 aromatic rings. The van der Waals surface area contributed by atoms with Gasteiger partial charge >= 0.3 is 5.97 Å². The second-order valence-electron chi connectivity index (χ2n) is 7.24. The molecule has 3 rings (SSSR count). The van der Waals surface area contributed by atoms with Gasteiger partial charge in [-0.3, -0.25) is 14.9 Å². The summed E-state index contributed by atoms with van der Waals surface area (Å²) in [7, 11) is 0. The molecule has 1 atom stereocenters. The SMILES string of the molecule is CC(C)[C@H](NC(=O)c1ccccc1Cl)C(=O)OCc1cc([N+](=O)[O-])cc2c1OCOC2. The third kappa shape index (κ3) is 5.31. The van der Waals surface area contributed by atoms with Gasteiger partial charge in [-0.1, -0.05) is 37.6 Å². The van der Waals surface area contributed by atoms with Crippen LogP contribution in [0, 0.1) is 16.0 Å². The number of halogens is 1. The van der Waals surface area contributed by atoms with Gasteiger partial charge < -0.3 is 19.5 Å². The number of ether oxygens (including phenoxy) is 3. The molecular formula is C21H21ClN2O7. The predicted octanol–water partition coefficient (Wildman–Crippen LogP) is 3.61. The van der Waals surface area contributed by atoms with Crippen LogP contribution in [0.5, 0.6) is 5.75 Å². The largest absolute Gasteiger partial charge is 0.467 e. The molecule has 1 heterocycles. The molecule has 0 unspecified atom stereocenters. The molecule has 1 N–H and O–H groups in total. The van der Waals surface area contributed by atoms with E-state index < -0.39 is 22.8 Å². The predicted molar refractivity (Wildman–Crippen MR) is 111 cm³/mol. The van der Waals surface area contributed by atoms with Gasteiger partial charge in [-0.05, 0) is 18.1 Å². The maximum Gasteiger partial charge on any atom is 0.329 e. The number of rotatable bonds is 7. The third-order valence-electron chi connectivity index (χ3n) is 4.68. The van der Waals surface area contributed by atoms with Gasteiger partial charge in [0.2, 0.25) is 0 Å². The second kappa shape index (κ2) is 9.76. The Kier molecular flexibility index (Phi) is 7.09. The molecule has 0 saturated carbocycles. The minimum atomic E-state index is -0.942. The lowest BCUT2D eigenvalue weighted by Crippen LogP contribution is -2.45. The standard InChI is InChI=1S/C21H21ClN2O7/c1-12(2)18(23-20(25)16-5-3-4-6-17(16)22)21(26)30-10-14-8-15(24(27)28)7-13-9-29-11-31-19(13)14/h3-8,12,18H,9-11H2,1-2H3,(H,23,25)/t18-/m0/s1. The van der Waals surface area contributed by atoms with Crippen LogP contribution in [0.25, 0.3) is 0 Å². The van der Waals surface area contributed by atoms with E-state index in [0.717, 1.165) is 0 Å². The van der Waals surface area contributed by atoms with Gasteiger partial charge in [0, 0.05) is 23.3 Å². The average Bonchev–Trinajstić information content (AvgIpc) is 2.75. The van der Waals surface area contributed by atoms with Crippen LogP contribution in [-0.4, -0.2) is 29.6 Å². The zero-order valence-electron chi connectivity index (χ0n) is 16.9. The molecule has 0 spiro atoms. The molecule has 0 aliphatic carbocycles. The fourth-order valence-corrected chi connectivity index (χ4v) is 3.32. The van der Waals surface area contributed by atoms with Gasteiger partial charge in [0.05, 0.1) is 22.1 Å². The van der Waals surface area contributed by atoms with Crippen LogP contribution in [-0.2, 0) is 27.5 Å². The molecule has 1 amide bonds. The molecule has 164 valence electrons. The number of nitrogens with zero attached hydrogens (tertiary/aromatic N) is 1. The van der Waals surface area contributed by atoms with Crippen LogP contribution in [0.3, 0.4) is 0 Å². The van der Waals surface area contributed by atoms with Crippen LogP contribution in [0.1, 0.15) is 35.3 Å². The Labute approximate surface area is 183 Å². The molecule has 9 nitrogen and oxygen atoms in total. The van der Waals surface area contributed by atoms with Crippen molar-refractivity contribution in [3.8, 4) is 5.75 Å². The molecule has 2 aromatic carbocycles. The van der Waals surface area contributed by atoms with Crippen molar-refractivity contribution in [3.63, 3.8) is 0 Å². The number of benzene rings is 2. The summed E-state index contributed by atoms with van der Waals surface area (Å²) < 4.78 is 16.0. The molecule has 1 aliphatic heterocycles. The number of carbonyl (C=O) groups is 2. The Morgan fingerprint density at radius 3 is 2.71 bits per heavy atom. The van der Waals surface area contributed by atoms with Crippen LogP contribution >= 0.6 is 11.6 Å². The van der Waals surface area contributed by atoms with Gasteiger partial charge in [0.25, 0.3) is 11.6 Å². The molecule has 10 heteroatoms. The maximum absolute atomic E-state index is 12.7. The lowest BCUT2D eigenvalue weighted by molar-refractivity contribution is -0.385. The van der Waals surface area contributed by atoms with Crippen molar-refractivity contribution in [2.24, 2.45) is 5.92 Å². The number of nitro benzene ring substituents is 1. The summed E-state index contributed by atoms with van der Waals surface area (Å²) in [6.45, 7) is 3.41. The van der Waals surface area contributed by atoms with E-state index in [1.165, 1.54) is 12.1 Å². The normalized spacial score (nSPS) is 13.7. The number of nitrogens with one attached hydrogen (secondary N) is 1. The highest BCUT2D eigenvalue weighted by atomic mass is 35.5. The fraction of sp³-hybridized carbons (Fsp3) is 0.333. The number of carbonyl (C=O) groups excluding carboxylic acids is 2. The van der Waals surface area contributed by atoms with E-state index in [9.17, 15) is 19.7 Å². The zero-order valence-corrected chi connectivity index (χ0v) is 17.7. The Morgan fingerprint density at radius 2 is 2.03 bits per heavy atom. The Morgan fingerprint density at radius 1 is 1.29 bits per heavy atom. The van der Waals surface area contributed by atoms with Crippen molar-refractivity contribution in [2.75, 3.05) is 6.79 Å². The van der Waals surface area contributed by atoms with Crippen molar-refractivity contribution in [1.29, 1.82) is 0 Å². The molecule has 0 fully saturated rings. The monoisotopic (exact) mass is 448 g/mol. The van der Waals surface area contributed by atoms with E-state index in [4.69, 9.17) is 25.8 Å². The molecule has 31 heavy (non-hydrogen) atoms. The Hall–Kier alpha value is -3.17. The minimum Gasteiger partial charge on any atom is -0.467 e. The maximum atomic E-state index is 12.7. The van der Waals surface area contributed by atoms with E-state index in [-0.39, 0.29) is 42.2 Å². The van der Waals surface area contributed by atoms with Gasteiger partial charge in [0.1, 0.15) is 18.4 Å². The lowest BCUT2D eigenvalue weighted by atomic mass is 10.0. The highest BCUT2D eigenvalue weighted by Gasteiger charge is 2.28. The highest BCUT2D eigenvalue weighted by Crippen LogP contribution is 2.33. The van der Waals surface area contributed by atoms with Crippen molar-refractivity contribution < 1.29 is 28.7 Å². The van der Waals surface area contributed by atoms with Gasteiger partial charge in [-0.15, -0.1) is 0 Å². The molecule has 0 saturated heterocycles. The quantitative estimate of drug-likeness (QED) is 0.390. The summed E-state index contributed by atoms with van der Waals surface area (Å²) in [4.78, 5) is 36.0.